The Hall–Kier alpha value is -4.39. The van der Waals surface area contributed by atoms with Crippen LogP contribution >= 0.6 is 0 Å². The zero-order chi connectivity index (χ0) is 22.1. The van der Waals surface area contributed by atoms with Crippen LogP contribution in [-0.4, -0.2) is 22.1 Å². The van der Waals surface area contributed by atoms with Crippen LogP contribution in [0.1, 0.15) is 26.3 Å². The summed E-state index contributed by atoms with van der Waals surface area (Å²) in [6, 6.07) is 16.8. The number of carboxylic acids is 1. The molecule has 1 heterocycles. The van der Waals surface area contributed by atoms with Crippen molar-refractivity contribution in [2.75, 3.05) is 5.32 Å². The van der Waals surface area contributed by atoms with Crippen molar-refractivity contribution in [2.45, 2.75) is 6.92 Å². The van der Waals surface area contributed by atoms with E-state index < -0.39 is 11.9 Å². The fourth-order valence-corrected chi connectivity index (χ4v) is 3.16. The van der Waals surface area contributed by atoms with Gasteiger partial charge in [0.15, 0.2) is 5.43 Å². The second-order valence-corrected chi connectivity index (χ2v) is 7.04. The van der Waals surface area contributed by atoms with E-state index in [-0.39, 0.29) is 28.0 Å². The molecule has 3 aromatic carbocycles. The summed E-state index contributed by atoms with van der Waals surface area (Å²) in [7, 11) is 0. The summed E-state index contributed by atoms with van der Waals surface area (Å²) >= 11 is 0. The topological polar surface area (TPSA) is 117 Å². The van der Waals surface area contributed by atoms with Gasteiger partial charge >= 0.3 is 5.97 Å². The van der Waals surface area contributed by atoms with E-state index in [1.54, 1.807) is 36.4 Å². The summed E-state index contributed by atoms with van der Waals surface area (Å²) in [5.41, 5.74) is 2.10. The Balaban J connectivity index is 1.60. The Morgan fingerprint density at radius 2 is 1.61 bits per heavy atom. The molecule has 0 fully saturated rings. The summed E-state index contributed by atoms with van der Waals surface area (Å²) in [6.07, 6.45) is 0. The highest BCUT2D eigenvalue weighted by molar-refractivity contribution is 6.05. The Kier molecular flexibility index (Phi) is 5.00. The quantitative estimate of drug-likeness (QED) is 0.425. The van der Waals surface area contributed by atoms with Gasteiger partial charge in [-0.2, -0.15) is 0 Å². The van der Waals surface area contributed by atoms with Gasteiger partial charge in [0.05, 0.1) is 16.6 Å². The number of benzene rings is 3. The maximum absolute atomic E-state index is 12.5. The smallest absolute Gasteiger partial charge is 0.335 e. The van der Waals surface area contributed by atoms with Crippen molar-refractivity contribution >= 4 is 28.5 Å². The van der Waals surface area contributed by atoms with Crippen LogP contribution < -0.4 is 10.7 Å². The van der Waals surface area contributed by atoms with Gasteiger partial charge < -0.3 is 19.9 Å². The number of hydrogen-bond acceptors (Lipinski definition) is 5. The lowest BCUT2D eigenvalue weighted by Crippen LogP contribution is -2.12. The summed E-state index contributed by atoms with van der Waals surface area (Å²) < 4.78 is 5.84. The van der Waals surface area contributed by atoms with Crippen molar-refractivity contribution in [3.05, 3.63) is 93.6 Å². The molecule has 0 aliphatic carbocycles. The highest BCUT2D eigenvalue weighted by Crippen LogP contribution is 2.26. The number of fused-ring (bicyclic) bond motifs is 1. The average molecular weight is 415 g/mol. The molecule has 0 aliphatic heterocycles. The number of phenolic OH excluding ortho intramolecular Hbond substituents is 1. The van der Waals surface area contributed by atoms with E-state index in [4.69, 9.17) is 9.52 Å². The van der Waals surface area contributed by atoms with Crippen LogP contribution in [0.15, 0.2) is 75.9 Å². The number of anilines is 1. The van der Waals surface area contributed by atoms with Gasteiger partial charge in [-0.05, 0) is 49.4 Å². The molecule has 0 bridgehead atoms. The first-order valence-corrected chi connectivity index (χ1v) is 9.34. The monoisotopic (exact) mass is 415 g/mol. The van der Waals surface area contributed by atoms with Crippen LogP contribution in [-0.2, 0) is 0 Å². The minimum absolute atomic E-state index is 0.00945. The van der Waals surface area contributed by atoms with E-state index in [0.717, 1.165) is 5.56 Å². The van der Waals surface area contributed by atoms with Crippen LogP contribution in [0.4, 0.5) is 5.69 Å². The van der Waals surface area contributed by atoms with E-state index >= 15 is 0 Å². The minimum atomic E-state index is -1.17. The van der Waals surface area contributed by atoms with Crippen LogP contribution in [0.2, 0.25) is 0 Å². The molecular formula is C24H17NO6. The molecule has 3 N–H and O–H groups in total. The fourth-order valence-electron chi connectivity index (χ4n) is 3.16. The van der Waals surface area contributed by atoms with Gasteiger partial charge in [0, 0.05) is 17.2 Å². The number of rotatable bonds is 4. The zero-order valence-corrected chi connectivity index (χ0v) is 16.4. The summed E-state index contributed by atoms with van der Waals surface area (Å²) in [5.74, 6) is -1.57. The van der Waals surface area contributed by atoms with Gasteiger partial charge in [0.2, 0.25) is 0 Å². The second kappa shape index (κ2) is 7.79. The number of aromatic carboxylic acids is 1. The largest absolute Gasteiger partial charge is 0.506 e. The third-order valence-electron chi connectivity index (χ3n) is 4.81. The highest BCUT2D eigenvalue weighted by Gasteiger charge is 2.13. The van der Waals surface area contributed by atoms with E-state index in [9.17, 15) is 19.5 Å². The first-order valence-electron chi connectivity index (χ1n) is 9.34. The highest BCUT2D eigenvalue weighted by atomic mass is 16.4. The van der Waals surface area contributed by atoms with Crippen molar-refractivity contribution in [3.8, 4) is 17.1 Å². The predicted molar refractivity (Wildman–Crippen MR) is 116 cm³/mol. The average Bonchev–Trinajstić information content (AvgIpc) is 2.75. The predicted octanol–water partition coefficient (Wildman–Crippen LogP) is 4.42. The minimum Gasteiger partial charge on any atom is -0.506 e. The molecule has 31 heavy (non-hydrogen) atoms. The van der Waals surface area contributed by atoms with E-state index in [1.165, 1.54) is 24.3 Å². The Bertz CT molecular complexity index is 1390. The lowest BCUT2D eigenvalue weighted by Gasteiger charge is -2.09. The first kappa shape index (κ1) is 19.9. The molecule has 0 radical (unpaired) electrons. The van der Waals surface area contributed by atoms with Crippen molar-refractivity contribution in [3.63, 3.8) is 0 Å². The zero-order valence-electron chi connectivity index (χ0n) is 16.4. The lowest BCUT2D eigenvalue weighted by molar-refractivity contribution is 0.0696. The molecule has 1 amide bonds. The van der Waals surface area contributed by atoms with Gasteiger partial charge in [-0.1, -0.05) is 23.8 Å². The number of carboxylic acid groups (broad SMARTS) is 1. The van der Waals surface area contributed by atoms with Crippen LogP contribution in [0.5, 0.6) is 5.75 Å². The molecule has 4 aromatic rings. The Morgan fingerprint density at radius 1 is 0.903 bits per heavy atom. The van der Waals surface area contributed by atoms with Crippen LogP contribution in [0, 0.1) is 6.92 Å². The molecule has 0 saturated carbocycles. The molecule has 7 nitrogen and oxygen atoms in total. The molecule has 0 unspecified atom stereocenters. The molecular weight excluding hydrogens is 398 g/mol. The number of nitrogens with one attached hydrogen (secondary N) is 1. The number of carbonyl (C=O) groups excluding carboxylic acids is 1. The molecule has 0 spiro atoms. The summed E-state index contributed by atoms with van der Waals surface area (Å²) in [4.78, 5) is 36.0. The molecule has 4 rings (SSSR count). The third kappa shape index (κ3) is 4.02. The molecule has 1 aromatic heterocycles. The maximum atomic E-state index is 12.5. The normalized spacial score (nSPS) is 10.7. The van der Waals surface area contributed by atoms with Crippen molar-refractivity contribution in [1.29, 1.82) is 0 Å². The van der Waals surface area contributed by atoms with E-state index in [2.05, 4.69) is 5.32 Å². The van der Waals surface area contributed by atoms with Gasteiger partial charge in [-0.3, -0.25) is 9.59 Å². The van der Waals surface area contributed by atoms with E-state index in [1.807, 2.05) is 13.0 Å². The molecule has 0 aliphatic rings. The molecule has 154 valence electrons. The first-order chi connectivity index (χ1) is 14.8. The van der Waals surface area contributed by atoms with Crippen LogP contribution in [0.25, 0.3) is 22.3 Å². The van der Waals surface area contributed by atoms with Gasteiger partial charge in [-0.25, -0.2) is 4.79 Å². The number of aromatic hydroxyl groups is 1. The van der Waals surface area contributed by atoms with E-state index in [0.29, 0.717) is 22.3 Å². The number of carbonyl (C=O) groups is 2. The van der Waals surface area contributed by atoms with Crippen molar-refractivity contribution in [2.24, 2.45) is 0 Å². The Morgan fingerprint density at radius 3 is 2.32 bits per heavy atom. The van der Waals surface area contributed by atoms with Crippen LogP contribution in [0.3, 0.4) is 0 Å². The number of aryl methyl sites for hydroxylation is 1. The Labute approximate surface area is 176 Å². The second-order valence-electron chi connectivity index (χ2n) is 7.04. The van der Waals surface area contributed by atoms with Crippen molar-refractivity contribution < 1.29 is 24.2 Å². The third-order valence-corrected chi connectivity index (χ3v) is 4.81. The van der Waals surface area contributed by atoms with Crippen molar-refractivity contribution in [1.82, 2.24) is 0 Å². The number of hydrogen-bond donors (Lipinski definition) is 3. The van der Waals surface area contributed by atoms with Gasteiger partial charge in [0.1, 0.15) is 17.1 Å². The molecule has 0 atom stereocenters. The number of phenols is 1. The van der Waals surface area contributed by atoms with Gasteiger partial charge in [-0.15, -0.1) is 0 Å². The summed E-state index contributed by atoms with van der Waals surface area (Å²) in [6.45, 7) is 1.90. The fraction of sp³-hybridized carbons (Fsp3) is 0.0417. The standard InChI is InChI=1S/C24H17NO6/c1-13-2-9-21-17(10-13)20(27)12-22(31-21)14-3-5-15(6-4-14)23(28)25-18-11-16(24(29)30)7-8-19(18)26/h2-12,26H,1H3,(H,25,28)(H,29,30). The SMILES string of the molecule is Cc1ccc2oc(-c3ccc(C(=O)Nc4cc(C(=O)O)ccc4O)cc3)cc(=O)c2c1. The number of amides is 1. The molecule has 0 saturated heterocycles. The maximum Gasteiger partial charge on any atom is 0.335 e. The summed E-state index contributed by atoms with van der Waals surface area (Å²) in [5, 5.41) is 21.9. The molecule has 7 heteroatoms. The van der Waals surface area contributed by atoms with Gasteiger partial charge in [0.25, 0.3) is 5.91 Å². The lowest BCUT2D eigenvalue weighted by atomic mass is 10.1.